The highest BCUT2D eigenvalue weighted by molar-refractivity contribution is 6.21. The lowest BCUT2D eigenvalue weighted by atomic mass is 10.1. The molecule has 174 valence electrons. The second-order valence-electron chi connectivity index (χ2n) is 7.39. The molecule has 0 bridgehead atoms. The molecule has 2 aromatic carbocycles. The first-order chi connectivity index (χ1) is 15.9. The van der Waals surface area contributed by atoms with Gasteiger partial charge in [-0.2, -0.15) is 0 Å². The summed E-state index contributed by atoms with van der Waals surface area (Å²) in [4.78, 5) is 49.9. The monoisotopic (exact) mass is 454 g/mol. The first-order valence-corrected chi connectivity index (χ1v) is 10.6. The van der Waals surface area contributed by atoms with Gasteiger partial charge in [0, 0.05) is 19.0 Å². The van der Waals surface area contributed by atoms with E-state index in [1.165, 1.54) is 19.1 Å². The second kappa shape index (κ2) is 11.1. The van der Waals surface area contributed by atoms with Crippen molar-refractivity contribution < 1.29 is 33.4 Å². The van der Waals surface area contributed by atoms with Crippen LogP contribution in [0.5, 0.6) is 11.5 Å². The van der Waals surface area contributed by atoms with E-state index >= 15 is 0 Å². The standard InChI is InChI=1S/C24H26N2O7/c1-31-16-11-12-20(32-2)19(14-16)25-21(27)15-33-22(28)10-4-3-7-13-26-23(29)17-8-5-6-9-18(17)24(26)30/h5-6,8-9,11-12,14H,3-4,7,10,13,15H2,1-2H3,(H,25,27). The molecular weight excluding hydrogens is 428 g/mol. The molecule has 9 heteroatoms. The minimum Gasteiger partial charge on any atom is -0.497 e. The average Bonchev–Trinajstić information content (AvgIpc) is 3.07. The second-order valence-corrected chi connectivity index (χ2v) is 7.39. The van der Waals surface area contributed by atoms with Crippen LogP contribution in [0.1, 0.15) is 46.4 Å². The van der Waals surface area contributed by atoms with Gasteiger partial charge >= 0.3 is 5.97 Å². The molecule has 9 nitrogen and oxygen atoms in total. The Morgan fingerprint density at radius 2 is 1.61 bits per heavy atom. The van der Waals surface area contributed by atoms with Gasteiger partial charge in [0.05, 0.1) is 31.0 Å². The predicted octanol–water partition coefficient (Wildman–Crippen LogP) is 3.04. The van der Waals surface area contributed by atoms with Crippen LogP contribution in [0, 0.1) is 0 Å². The number of methoxy groups -OCH3 is 2. The van der Waals surface area contributed by atoms with Gasteiger partial charge in [-0.05, 0) is 37.1 Å². The lowest BCUT2D eigenvalue weighted by Gasteiger charge is -2.13. The highest BCUT2D eigenvalue weighted by Gasteiger charge is 2.34. The largest absolute Gasteiger partial charge is 0.497 e. The van der Waals surface area contributed by atoms with Crippen LogP contribution >= 0.6 is 0 Å². The van der Waals surface area contributed by atoms with Crippen LogP contribution in [0.25, 0.3) is 0 Å². The minimum atomic E-state index is -0.500. The van der Waals surface area contributed by atoms with Crippen LogP contribution in [0.2, 0.25) is 0 Å². The van der Waals surface area contributed by atoms with E-state index in [1.807, 2.05) is 0 Å². The van der Waals surface area contributed by atoms with Gasteiger partial charge in [-0.3, -0.25) is 24.1 Å². The third-order valence-corrected chi connectivity index (χ3v) is 5.19. The van der Waals surface area contributed by atoms with Gasteiger partial charge in [-0.1, -0.05) is 18.6 Å². The summed E-state index contributed by atoms with van der Waals surface area (Å²) in [5.41, 5.74) is 1.26. The summed E-state index contributed by atoms with van der Waals surface area (Å²) >= 11 is 0. The third-order valence-electron chi connectivity index (χ3n) is 5.19. The van der Waals surface area contributed by atoms with Crippen molar-refractivity contribution in [1.29, 1.82) is 0 Å². The molecule has 0 fully saturated rings. The summed E-state index contributed by atoms with van der Waals surface area (Å²) in [6, 6.07) is 11.7. The fourth-order valence-electron chi connectivity index (χ4n) is 3.47. The Hall–Kier alpha value is -3.88. The minimum absolute atomic E-state index is 0.137. The summed E-state index contributed by atoms with van der Waals surface area (Å²) in [6.45, 7) is -0.125. The number of hydrogen-bond donors (Lipinski definition) is 1. The number of benzene rings is 2. The summed E-state index contributed by atoms with van der Waals surface area (Å²) < 4.78 is 15.3. The fraction of sp³-hybridized carbons (Fsp3) is 0.333. The van der Waals surface area contributed by atoms with Crippen LogP contribution in [0.3, 0.4) is 0 Å². The Labute approximate surface area is 191 Å². The Balaban J connectivity index is 1.34. The average molecular weight is 454 g/mol. The molecule has 0 unspecified atom stereocenters. The predicted molar refractivity (Wildman–Crippen MR) is 119 cm³/mol. The zero-order chi connectivity index (χ0) is 23.8. The van der Waals surface area contributed by atoms with E-state index in [0.717, 1.165) is 0 Å². The maximum Gasteiger partial charge on any atom is 0.306 e. The van der Waals surface area contributed by atoms with Gasteiger partial charge in [-0.25, -0.2) is 0 Å². The highest BCUT2D eigenvalue weighted by atomic mass is 16.5. The topological polar surface area (TPSA) is 111 Å². The lowest BCUT2D eigenvalue weighted by molar-refractivity contribution is -0.147. The van der Waals surface area contributed by atoms with Crippen LogP contribution < -0.4 is 14.8 Å². The Morgan fingerprint density at radius 1 is 0.909 bits per heavy atom. The molecule has 2 aromatic rings. The van der Waals surface area contributed by atoms with Crippen molar-refractivity contribution in [3.8, 4) is 11.5 Å². The number of rotatable bonds is 11. The number of nitrogens with zero attached hydrogens (tertiary/aromatic N) is 1. The van der Waals surface area contributed by atoms with Gasteiger partial charge in [0.1, 0.15) is 11.5 Å². The Morgan fingerprint density at radius 3 is 2.24 bits per heavy atom. The van der Waals surface area contributed by atoms with Gasteiger partial charge < -0.3 is 19.5 Å². The number of imide groups is 1. The molecule has 3 rings (SSSR count). The van der Waals surface area contributed by atoms with Crippen molar-refractivity contribution in [2.24, 2.45) is 0 Å². The summed E-state index contributed by atoms with van der Waals surface area (Å²) in [6.07, 6.45) is 1.87. The van der Waals surface area contributed by atoms with E-state index < -0.39 is 18.5 Å². The number of amides is 3. The molecule has 33 heavy (non-hydrogen) atoms. The van der Waals surface area contributed by atoms with Gasteiger partial charge in [0.25, 0.3) is 17.7 Å². The molecule has 3 amide bonds. The molecule has 0 aliphatic carbocycles. The Kier molecular flexibility index (Phi) is 8.01. The van der Waals surface area contributed by atoms with Crippen molar-refractivity contribution in [2.45, 2.75) is 25.7 Å². The lowest BCUT2D eigenvalue weighted by Crippen LogP contribution is -2.30. The number of fused-ring (bicyclic) bond motifs is 1. The van der Waals surface area contributed by atoms with Gasteiger partial charge in [0.15, 0.2) is 6.61 Å². The molecular formula is C24H26N2O7. The maximum absolute atomic E-state index is 12.3. The van der Waals surface area contributed by atoms with Crippen LogP contribution in [-0.2, 0) is 14.3 Å². The number of unbranched alkanes of at least 4 members (excludes halogenated alkanes) is 2. The first kappa shape index (κ1) is 23.8. The maximum atomic E-state index is 12.3. The van der Waals surface area contributed by atoms with Crippen molar-refractivity contribution >= 4 is 29.4 Å². The summed E-state index contributed by atoms with van der Waals surface area (Å²) in [7, 11) is 2.99. The number of nitrogens with one attached hydrogen (secondary N) is 1. The SMILES string of the molecule is COc1ccc(OC)c(NC(=O)COC(=O)CCCCCN2C(=O)c3ccccc3C2=O)c1. The quantitative estimate of drug-likeness (QED) is 0.316. The van der Waals surface area contributed by atoms with Crippen LogP contribution in [0.4, 0.5) is 5.69 Å². The highest BCUT2D eigenvalue weighted by Crippen LogP contribution is 2.28. The zero-order valence-corrected chi connectivity index (χ0v) is 18.6. The number of esters is 1. The molecule has 1 N–H and O–H groups in total. The molecule has 0 saturated heterocycles. The van der Waals surface area contributed by atoms with E-state index in [9.17, 15) is 19.2 Å². The number of anilines is 1. The number of hydrogen-bond acceptors (Lipinski definition) is 7. The molecule has 0 spiro atoms. The molecule has 0 atom stereocenters. The van der Waals surface area contributed by atoms with Gasteiger partial charge in [0.2, 0.25) is 0 Å². The van der Waals surface area contributed by atoms with Crippen molar-refractivity contribution in [2.75, 3.05) is 32.7 Å². The molecule has 1 aliphatic heterocycles. The van der Waals surface area contributed by atoms with Crippen molar-refractivity contribution in [3.05, 3.63) is 53.6 Å². The third kappa shape index (κ3) is 5.88. The summed E-state index contributed by atoms with van der Waals surface area (Å²) in [5, 5.41) is 2.62. The molecule has 0 radical (unpaired) electrons. The van der Waals surface area contributed by atoms with E-state index in [4.69, 9.17) is 14.2 Å². The molecule has 1 aliphatic rings. The number of ether oxygens (including phenoxy) is 3. The first-order valence-electron chi connectivity index (χ1n) is 10.6. The molecule has 0 saturated carbocycles. The number of carbonyl (C=O) groups excluding carboxylic acids is 4. The van der Waals surface area contributed by atoms with Gasteiger partial charge in [-0.15, -0.1) is 0 Å². The van der Waals surface area contributed by atoms with E-state index in [2.05, 4.69) is 5.32 Å². The van der Waals surface area contributed by atoms with Crippen LogP contribution in [0.15, 0.2) is 42.5 Å². The smallest absolute Gasteiger partial charge is 0.306 e. The zero-order valence-electron chi connectivity index (χ0n) is 18.6. The fourth-order valence-corrected chi connectivity index (χ4v) is 3.47. The van der Waals surface area contributed by atoms with Crippen molar-refractivity contribution in [3.63, 3.8) is 0 Å². The summed E-state index contributed by atoms with van der Waals surface area (Å²) in [5.74, 6) is -0.566. The van der Waals surface area contributed by atoms with E-state index in [-0.39, 0.29) is 18.2 Å². The van der Waals surface area contributed by atoms with E-state index in [1.54, 1.807) is 42.5 Å². The Bertz CT molecular complexity index is 1020. The molecule has 1 heterocycles. The molecule has 0 aromatic heterocycles. The van der Waals surface area contributed by atoms with E-state index in [0.29, 0.717) is 54.1 Å². The van der Waals surface area contributed by atoms with Crippen LogP contribution in [-0.4, -0.2) is 56.0 Å². The van der Waals surface area contributed by atoms with Crippen molar-refractivity contribution in [1.82, 2.24) is 4.90 Å². The normalized spacial score (nSPS) is 12.4. The number of carbonyl (C=O) groups is 4.